The third-order valence-electron chi connectivity index (χ3n) is 6.16. The van der Waals surface area contributed by atoms with Crippen molar-refractivity contribution in [2.75, 3.05) is 12.1 Å². The second-order valence-corrected chi connectivity index (χ2v) is 10.9. The zero-order valence-electron chi connectivity index (χ0n) is 20.6. The molecule has 0 fully saturated rings. The molecular weight excluding hydrogens is 426 g/mol. The largest absolute Gasteiger partial charge is 0.507 e. The monoisotopic (exact) mass is 457 g/mol. The maximum absolute atomic E-state index is 11.2. The summed E-state index contributed by atoms with van der Waals surface area (Å²) in [6, 6.07) is 15.9. The van der Waals surface area contributed by atoms with Gasteiger partial charge in [-0.15, -0.1) is 0 Å². The van der Waals surface area contributed by atoms with Crippen molar-refractivity contribution in [3.05, 3.63) is 65.9 Å². The van der Waals surface area contributed by atoms with Gasteiger partial charge in [0.05, 0.1) is 0 Å². The molecule has 1 aliphatic heterocycles. The molecule has 6 nitrogen and oxygen atoms in total. The predicted molar refractivity (Wildman–Crippen MR) is 136 cm³/mol. The van der Waals surface area contributed by atoms with E-state index >= 15 is 0 Å². The Kier molecular flexibility index (Phi) is 5.01. The predicted octanol–water partition coefficient (Wildman–Crippen LogP) is 6.77. The normalized spacial score (nSPS) is 13.5. The Bertz CT molecular complexity index is 1360. The molecule has 0 amide bonds. The van der Waals surface area contributed by atoms with Crippen molar-refractivity contribution in [3.63, 3.8) is 0 Å². The maximum Gasteiger partial charge on any atom is 0.231 e. The summed E-state index contributed by atoms with van der Waals surface area (Å²) in [5.74, 6) is 2.67. The number of aromatic nitrogens is 2. The van der Waals surface area contributed by atoms with E-state index in [1.54, 1.807) is 0 Å². The van der Waals surface area contributed by atoms with E-state index in [0.29, 0.717) is 5.75 Å². The van der Waals surface area contributed by atoms with E-state index in [-0.39, 0.29) is 17.6 Å². The molecule has 176 valence electrons. The van der Waals surface area contributed by atoms with Crippen LogP contribution in [0.2, 0.25) is 0 Å². The minimum Gasteiger partial charge on any atom is -0.507 e. The summed E-state index contributed by atoms with van der Waals surface area (Å²) in [6.45, 7) is 12.9. The van der Waals surface area contributed by atoms with Crippen LogP contribution in [0.3, 0.4) is 0 Å². The Labute approximate surface area is 200 Å². The van der Waals surface area contributed by atoms with Gasteiger partial charge in [0.2, 0.25) is 6.79 Å². The lowest BCUT2D eigenvalue weighted by Crippen LogP contribution is -2.17. The van der Waals surface area contributed by atoms with Gasteiger partial charge in [-0.3, -0.25) is 4.40 Å². The first-order valence-corrected chi connectivity index (χ1v) is 11.5. The molecule has 0 saturated carbocycles. The molecule has 0 radical (unpaired) electrons. The zero-order valence-corrected chi connectivity index (χ0v) is 20.6. The number of hydrogen-bond donors (Lipinski definition) is 2. The molecule has 2 aromatic carbocycles. The molecule has 5 rings (SSSR count). The number of phenols is 1. The van der Waals surface area contributed by atoms with E-state index in [9.17, 15) is 5.11 Å². The van der Waals surface area contributed by atoms with Crippen LogP contribution in [0, 0.1) is 0 Å². The number of phenolic OH excluding ortho intramolecular Hbond substituents is 1. The highest BCUT2D eigenvalue weighted by atomic mass is 16.7. The minimum atomic E-state index is -0.232. The fourth-order valence-electron chi connectivity index (χ4n) is 4.34. The van der Waals surface area contributed by atoms with Crippen LogP contribution in [-0.4, -0.2) is 21.3 Å². The molecule has 34 heavy (non-hydrogen) atoms. The van der Waals surface area contributed by atoms with Gasteiger partial charge < -0.3 is 19.9 Å². The highest BCUT2D eigenvalue weighted by Gasteiger charge is 2.28. The van der Waals surface area contributed by atoms with E-state index in [2.05, 4.69) is 59.0 Å². The summed E-state index contributed by atoms with van der Waals surface area (Å²) in [7, 11) is 0. The summed E-state index contributed by atoms with van der Waals surface area (Å²) in [5.41, 5.74) is 4.83. The lowest BCUT2D eigenvalue weighted by atomic mass is 9.78. The Hall–Kier alpha value is -3.67. The zero-order chi connectivity index (χ0) is 24.3. The van der Waals surface area contributed by atoms with E-state index < -0.39 is 0 Å². The van der Waals surface area contributed by atoms with Gasteiger partial charge in [0.15, 0.2) is 11.5 Å². The molecule has 0 spiro atoms. The van der Waals surface area contributed by atoms with E-state index in [1.165, 1.54) is 0 Å². The summed E-state index contributed by atoms with van der Waals surface area (Å²) < 4.78 is 13.1. The number of fused-ring (bicyclic) bond motifs is 2. The van der Waals surface area contributed by atoms with Crippen LogP contribution >= 0.6 is 0 Å². The third-order valence-corrected chi connectivity index (χ3v) is 6.16. The van der Waals surface area contributed by atoms with Gasteiger partial charge >= 0.3 is 0 Å². The van der Waals surface area contributed by atoms with E-state index in [0.717, 1.165) is 51.0 Å². The van der Waals surface area contributed by atoms with Crippen LogP contribution in [0.1, 0.15) is 52.7 Å². The number of pyridine rings is 1. The molecule has 0 aliphatic carbocycles. The number of benzene rings is 2. The average Bonchev–Trinajstić information content (AvgIpc) is 3.37. The van der Waals surface area contributed by atoms with Gasteiger partial charge in [-0.2, -0.15) is 0 Å². The molecule has 0 saturated heterocycles. The first-order chi connectivity index (χ1) is 16.0. The lowest BCUT2D eigenvalue weighted by molar-refractivity contribution is 0.174. The first-order valence-electron chi connectivity index (χ1n) is 11.5. The van der Waals surface area contributed by atoms with Crippen molar-refractivity contribution in [2.45, 2.75) is 52.4 Å². The van der Waals surface area contributed by atoms with Crippen LogP contribution < -0.4 is 14.8 Å². The highest BCUT2D eigenvalue weighted by Crippen LogP contribution is 2.44. The molecule has 6 heteroatoms. The molecule has 4 aromatic rings. The number of imidazole rings is 1. The molecule has 3 heterocycles. The summed E-state index contributed by atoms with van der Waals surface area (Å²) in [5, 5.41) is 14.8. The van der Waals surface area contributed by atoms with E-state index in [1.807, 2.05) is 47.0 Å². The van der Waals surface area contributed by atoms with Gasteiger partial charge in [-0.25, -0.2) is 4.98 Å². The fraction of sp³-hybridized carbons (Fsp3) is 0.321. The summed E-state index contributed by atoms with van der Waals surface area (Å²) >= 11 is 0. The number of ether oxygens (including phenoxy) is 2. The quantitative estimate of drug-likeness (QED) is 0.355. The SMILES string of the molecule is CC(C)(C)c1cc(-c2nc3ccccn3c2Nc2ccc3c(c2)OCO3)cc(C(C)(C)C)c1O. The van der Waals surface area contributed by atoms with Crippen molar-refractivity contribution < 1.29 is 14.6 Å². The van der Waals surface area contributed by atoms with E-state index in [4.69, 9.17) is 14.5 Å². The van der Waals surface area contributed by atoms with Crippen LogP contribution in [-0.2, 0) is 10.8 Å². The minimum absolute atomic E-state index is 0.232. The van der Waals surface area contributed by atoms with Crippen LogP contribution in [0.25, 0.3) is 16.9 Å². The number of aromatic hydroxyl groups is 1. The average molecular weight is 458 g/mol. The number of nitrogens with zero attached hydrogens (tertiary/aromatic N) is 2. The molecule has 2 N–H and O–H groups in total. The molecule has 0 atom stereocenters. The third kappa shape index (κ3) is 3.83. The van der Waals surface area contributed by atoms with Crippen molar-refractivity contribution in [1.82, 2.24) is 9.38 Å². The maximum atomic E-state index is 11.2. The highest BCUT2D eigenvalue weighted by molar-refractivity contribution is 5.81. The second-order valence-electron chi connectivity index (χ2n) is 10.9. The van der Waals surface area contributed by atoms with Crippen LogP contribution in [0.15, 0.2) is 54.7 Å². The standard InChI is InChI=1S/C28H31N3O3/c1-27(2,3)19-13-17(14-20(25(19)32)28(4,5)6)24-26(31-12-8-7-9-23(31)30-24)29-18-10-11-21-22(15-18)34-16-33-21/h7-15,29,32H,16H2,1-6H3. The van der Waals surface area contributed by atoms with Crippen molar-refractivity contribution >= 4 is 17.2 Å². The Morgan fingerprint density at radius 1 is 0.882 bits per heavy atom. The Morgan fingerprint density at radius 3 is 2.24 bits per heavy atom. The van der Waals surface area contributed by atoms with Crippen molar-refractivity contribution in [2.24, 2.45) is 0 Å². The van der Waals surface area contributed by atoms with Gasteiger partial charge in [-0.1, -0.05) is 47.6 Å². The van der Waals surface area contributed by atoms with Gasteiger partial charge in [0.1, 0.15) is 22.9 Å². The van der Waals surface area contributed by atoms with Crippen LogP contribution in [0.4, 0.5) is 11.5 Å². The van der Waals surface area contributed by atoms with Crippen molar-refractivity contribution in [3.8, 4) is 28.5 Å². The van der Waals surface area contributed by atoms with Crippen molar-refractivity contribution in [1.29, 1.82) is 0 Å². The Balaban J connectivity index is 1.72. The smallest absolute Gasteiger partial charge is 0.231 e. The second kappa shape index (κ2) is 7.69. The number of rotatable bonds is 3. The molecule has 0 bridgehead atoms. The lowest BCUT2D eigenvalue weighted by Gasteiger charge is -2.28. The molecular formula is C28H31N3O3. The van der Waals surface area contributed by atoms with Gasteiger partial charge in [0.25, 0.3) is 0 Å². The number of anilines is 2. The molecule has 0 unspecified atom stereocenters. The molecule has 2 aromatic heterocycles. The first kappa shape index (κ1) is 22.1. The summed E-state index contributed by atoms with van der Waals surface area (Å²) in [4.78, 5) is 4.99. The Morgan fingerprint density at radius 2 is 1.56 bits per heavy atom. The van der Waals surface area contributed by atoms with Crippen LogP contribution in [0.5, 0.6) is 17.2 Å². The number of hydrogen-bond acceptors (Lipinski definition) is 5. The van der Waals surface area contributed by atoms with Gasteiger partial charge in [-0.05, 0) is 47.2 Å². The fourth-order valence-corrected chi connectivity index (χ4v) is 4.34. The topological polar surface area (TPSA) is 68.0 Å². The summed E-state index contributed by atoms with van der Waals surface area (Å²) in [6.07, 6.45) is 2.00. The van der Waals surface area contributed by atoms with Gasteiger partial charge in [0, 0.05) is 34.6 Å². The molecule has 1 aliphatic rings. The number of nitrogens with one attached hydrogen (secondary N) is 1.